The molecule has 1 unspecified atom stereocenters. The second-order valence-corrected chi connectivity index (χ2v) is 4.30. The minimum absolute atomic E-state index is 0.0296. The van der Waals surface area contributed by atoms with E-state index in [1.165, 1.54) is 0 Å². The van der Waals surface area contributed by atoms with Gasteiger partial charge in [-0.05, 0) is 34.1 Å². The Bertz CT molecular complexity index is 245. The van der Waals surface area contributed by atoms with Crippen LogP contribution in [0.1, 0.15) is 41.0 Å². The van der Waals surface area contributed by atoms with Gasteiger partial charge < -0.3 is 9.47 Å². The first-order chi connectivity index (χ1) is 7.36. The summed E-state index contributed by atoms with van der Waals surface area (Å²) in [5.41, 5.74) is -1.12. The summed E-state index contributed by atoms with van der Waals surface area (Å²) >= 11 is 0. The third kappa shape index (κ3) is 4.31. The molecule has 4 nitrogen and oxygen atoms in total. The number of ketones is 1. The number of hydrogen-bond donors (Lipinski definition) is 0. The summed E-state index contributed by atoms with van der Waals surface area (Å²) in [4.78, 5) is 23.3. The quantitative estimate of drug-likeness (QED) is 0.495. The van der Waals surface area contributed by atoms with Crippen molar-refractivity contribution in [2.24, 2.45) is 5.41 Å². The van der Waals surface area contributed by atoms with E-state index in [2.05, 4.69) is 0 Å². The second-order valence-electron chi connectivity index (χ2n) is 4.30. The highest BCUT2D eigenvalue weighted by Gasteiger charge is 2.37. The lowest BCUT2D eigenvalue weighted by Crippen LogP contribution is -2.38. The summed E-state index contributed by atoms with van der Waals surface area (Å²) in [6, 6.07) is 0. The number of hydrogen-bond acceptors (Lipinski definition) is 4. The third-order valence-corrected chi connectivity index (χ3v) is 2.56. The minimum Gasteiger partial charge on any atom is -0.465 e. The Morgan fingerprint density at radius 3 is 2.25 bits per heavy atom. The molecular weight excluding hydrogens is 208 g/mol. The van der Waals surface area contributed by atoms with Crippen LogP contribution in [0.3, 0.4) is 0 Å². The molecule has 0 N–H and O–H groups in total. The predicted molar refractivity (Wildman–Crippen MR) is 61.1 cm³/mol. The Morgan fingerprint density at radius 1 is 1.25 bits per heavy atom. The Morgan fingerprint density at radius 2 is 1.81 bits per heavy atom. The number of esters is 1. The molecule has 0 aromatic rings. The van der Waals surface area contributed by atoms with E-state index >= 15 is 0 Å². The zero-order chi connectivity index (χ0) is 12.8. The van der Waals surface area contributed by atoms with Crippen LogP contribution in [0.4, 0.5) is 0 Å². The van der Waals surface area contributed by atoms with Gasteiger partial charge in [-0.15, -0.1) is 0 Å². The Balaban J connectivity index is 4.29. The van der Waals surface area contributed by atoms with E-state index < -0.39 is 11.4 Å². The first kappa shape index (κ1) is 15.1. The maximum Gasteiger partial charge on any atom is 0.319 e. The molecule has 1 atom stereocenters. The Kier molecular flexibility index (Phi) is 6.26. The van der Waals surface area contributed by atoms with E-state index in [-0.39, 0.29) is 25.1 Å². The Labute approximate surface area is 97.3 Å². The first-order valence-corrected chi connectivity index (χ1v) is 5.68. The van der Waals surface area contributed by atoms with Gasteiger partial charge >= 0.3 is 5.97 Å². The molecule has 0 aromatic carbocycles. The van der Waals surface area contributed by atoms with Crippen molar-refractivity contribution < 1.29 is 19.1 Å². The molecule has 0 bridgehead atoms. The van der Waals surface area contributed by atoms with Gasteiger partial charge in [0.2, 0.25) is 0 Å². The van der Waals surface area contributed by atoms with E-state index in [1.807, 2.05) is 13.8 Å². The highest BCUT2D eigenvalue weighted by atomic mass is 16.5. The number of carbonyl (C=O) groups is 2. The first-order valence-electron chi connectivity index (χ1n) is 5.68. The molecule has 94 valence electrons. The van der Waals surface area contributed by atoms with Gasteiger partial charge in [-0.1, -0.05) is 6.92 Å². The normalized spacial score (nSPS) is 13.3. The molecule has 0 saturated carbocycles. The van der Waals surface area contributed by atoms with E-state index in [0.717, 1.165) is 6.42 Å². The second kappa shape index (κ2) is 6.63. The number of carbonyl (C=O) groups excluding carboxylic acids is 2. The lowest BCUT2D eigenvalue weighted by atomic mass is 9.88. The van der Waals surface area contributed by atoms with Crippen LogP contribution in [0.25, 0.3) is 0 Å². The van der Waals surface area contributed by atoms with E-state index in [0.29, 0.717) is 0 Å². The molecule has 0 rings (SSSR count). The van der Waals surface area contributed by atoms with Crippen LogP contribution in [0.5, 0.6) is 0 Å². The van der Waals surface area contributed by atoms with Gasteiger partial charge in [0.15, 0.2) is 5.78 Å². The largest absolute Gasteiger partial charge is 0.465 e. The average molecular weight is 230 g/mol. The van der Waals surface area contributed by atoms with Gasteiger partial charge in [-0.25, -0.2) is 0 Å². The van der Waals surface area contributed by atoms with Crippen LogP contribution in [0.15, 0.2) is 0 Å². The van der Waals surface area contributed by atoms with Crippen LogP contribution in [0, 0.1) is 5.41 Å². The average Bonchev–Trinajstić information content (AvgIpc) is 2.25. The SMILES string of the molecule is CCOC(=O)C(C)(C)C(=O)COC(C)CC. The van der Waals surface area contributed by atoms with Crippen LogP contribution >= 0.6 is 0 Å². The van der Waals surface area contributed by atoms with Gasteiger partial charge in [0.05, 0.1) is 12.7 Å². The summed E-state index contributed by atoms with van der Waals surface area (Å²) in [6.45, 7) is 8.95. The molecule has 0 aliphatic carbocycles. The van der Waals surface area contributed by atoms with Crippen LogP contribution in [-0.4, -0.2) is 31.1 Å². The molecule has 0 amide bonds. The van der Waals surface area contributed by atoms with Crippen molar-refractivity contribution in [3.05, 3.63) is 0 Å². The lowest BCUT2D eigenvalue weighted by Gasteiger charge is -2.21. The minimum atomic E-state index is -1.12. The van der Waals surface area contributed by atoms with Gasteiger partial charge in [0.25, 0.3) is 0 Å². The maximum absolute atomic E-state index is 11.8. The summed E-state index contributed by atoms with van der Waals surface area (Å²) < 4.78 is 10.2. The summed E-state index contributed by atoms with van der Waals surface area (Å²) in [5, 5.41) is 0. The highest BCUT2D eigenvalue weighted by Crippen LogP contribution is 2.19. The van der Waals surface area contributed by atoms with Crippen molar-refractivity contribution in [3.63, 3.8) is 0 Å². The standard InChI is InChI=1S/C12H22O4/c1-6-9(3)16-8-10(13)12(4,5)11(14)15-7-2/h9H,6-8H2,1-5H3. The zero-order valence-corrected chi connectivity index (χ0v) is 10.8. The molecule has 0 aromatic heterocycles. The van der Waals surface area contributed by atoms with E-state index in [9.17, 15) is 9.59 Å². The topological polar surface area (TPSA) is 52.6 Å². The van der Waals surface area contributed by atoms with Crippen LogP contribution in [0.2, 0.25) is 0 Å². The van der Waals surface area contributed by atoms with Gasteiger partial charge in [-0.3, -0.25) is 9.59 Å². The highest BCUT2D eigenvalue weighted by molar-refractivity contribution is 6.03. The van der Waals surface area contributed by atoms with Crippen molar-refractivity contribution in [1.82, 2.24) is 0 Å². The van der Waals surface area contributed by atoms with Gasteiger partial charge in [0, 0.05) is 0 Å². The fraction of sp³-hybridized carbons (Fsp3) is 0.833. The van der Waals surface area contributed by atoms with Gasteiger partial charge in [-0.2, -0.15) is 0 Å². The number of rotatable bonds is 7. The Hall–Kier alpha value is -0.900. The lowest BCUT2D eigenvalue weighted by molar-refractivity contribution is -0.159. The monoisotopic (exact) mass is 230 g/mol. The molecule has 0 heterocycles. The van der Waals surface area contributed by atoms with E-state index in [1.54, 1.807) is 20.8 Å². The molecule has 16 heavy (non-hydrogen) atoms. The van der Waals surface area contributed by atoms with Crippen molar-refractivity contribution in [2.75, 3.05) is 13.2 Å². The van der Waals surface area contributed by atoms with Crippen LogP contribution < -0.4 is 0 Å². The van der Waals surface area contributed by atoms with Crippen LogP contribution in [-0.2, 0) is 19.1 Å². The van der Waals surface area contributed by atoms with E-state index in [4.69, 9.17) is 9.47 Å². The molecule has 4 heteroatoms. The number of Topliss-reactive ketones (excluding diaryl/α,β-unsaturated/α-hetero) is 1. The van der Waals surface area contributed by atoms with Crippen molar-refractivity contribution in [2.45, 2.75) is 47.1 Å². The van der Waals surface area contributed by atoms with Gasteiger partial charge in [0.1, 0.15) is 12.0 Å². The molecule has 0 aliphatic rings. The molecular formula is C12H22O4. The maximum atomic E-state index is 11.8. The predicted octanol–water partition coefficient (Wildman–Crippen LogP) is 1.96. The fourth-order valence-electron chi connectivity index (χ4n) is 0.942. The summed E-state index contributed by atoms with van der Waals surface area (Å²) in [5.74, 6) is -0.737. The molecule has 0 aliphatic heterocycles. The molecule has 0 spiro atoms. The fourth-order valence-corrected chi connectivity index (χ4v) is 0.942. The summed E-state index contributed by atoms with van der Waals surface area (Å²) in [7, 11) is 0. The van der Waals surface area contributed by atoms with Crippen molar-refractivity contribution >= 4 is 11.8 Å². The smallest absolute Gasteiger partial charge is 0.319 e. The third-order valence-electron chi connectivity index (χ3n) is 2.56. The molecule has 0 fully saturated rings. The molecule has 0 radical (unpaired) electrons. The van der Waals surface area contributed by atoms with Crippen molar-refractivity contribution in [1.29, 1.82) is 0 Å². The molecule has 0 saturated heterocycles. The zero-order valence-electron chi connectivity index (χ0n) is 10.8. The summed E-state index contributed by atoms with van der Waals surface area (Å²) in [6.07, 6.45) is 0.870. The number of ether oxygens (including phenoxy) is 2. The van der Waals surface area contributed by atoms with Crippen molar-refractivity contribution in [3.8, 4) is 0 Å².